The van der Waals surface area contributed by atoms with E-state index in [-0.39, 0.29) is 31.0 Å². The van der Waals surface area contributed by atoms with Gasteiger partial charge in [-0.15, -0.1) is 12.4 Å². The van der Waals surface area contributed by atoms with E-state index in [1.165, 1.54) is 0 Å². The van der Waals surface area contributed by atoms with Crippen molar-refractivity contribution in [3.63, 3.8) is 0 Å². The van der Waals surface area contributed by atoms with Crippen molar-refractivity contribution in [2.45, 2.75) is 32.1 Å². The van der Waals surface area contributed by atoms with Gasteiger partial charge in [0.05, 0.1) is 12.2 Å². The van der Waals surface area contributed by atoms with E-state index in [2.05, 4.69) is 5.32 Å². The van der Waals surface area contributed by atoms with Crippen molar-refractivity contribution in [2.75, 3.05) is 6.54 Å². The highest BCUT2D eigenvalue weighted by molar-refractivity contribution is 5.85. The molecule has 2 atom stereocenters. The number of ether oxygens (including phenoxy) is 1. The highest BCUT2D eigenvalue weighted by Crippen LogP contribution is 2.18. The number of rotatable bonds is 7. The predicted molar refractivity (Wildman–Crippen MR) is 101 cm³/mol. The van der Waals surface area contributed by atoms with Crippen molar-refractivity contribution in [3.05, 3.63) is 65.7 Å². The van der Waals surface area contributed by atoms with Gasteiger partial charge in [0.2, 0.25) is 5.91 Å². The Morgan fingerprint density at radius 3 is 2.24 bits per heavy atom. The van der Waals surface area contributed by atoms with Gasteiger partial charge in [0.25, 0.3) is 0 Å². The van der Waals surface area contributed by atoms with Crippen molar-refractivity contribution in [1.29, 1.82) is 0 Å². The van der Waals surface area contributed by atoms with Crippen LogP contribution < -0.4 is 15.8 Å². The maximum Gasteiger partial charge on any atom is 0.241 e. The number of halogens is 1. The maximum atomic E-state index is 12.1. The van der Waals surface area contributed by atoms with E-state index >= 15 is 0 Å². The summed E-state index contributed by atoms with van der Waals surface area (Å²) in [5.41, 5.74) is 7.36. The molecule has 1 amide bonds. The first-order valence-corrected chi connectivity index (χ1v) is 8.00. The van der Waals surface area contributed by atoms with Crippen LogP contribution in [-0.4, -0.2) is 23.7 Å². The van der Waals surface area contributed by atoms with Crippen LogP contribution in [0.25, 0.3) is 0 Å². The molecule has 0 bridgehead atoms. The van der Waals surface area contributed by atoms with E-state index in [4.69, 9.17) is 10.5 Å². The number of aliphatic hydroxyl groups excluding tert-OH is 1. The molecule has 2 aromatic carbocycles. The maximum absolute atomic E-state index is 12.1. The van der Waals surface area contributed by atoms with Crippen molar-refractivity contribution in [1.82, 2.24) is 5.32 Å². The largest absolute Gasteiger partial charge is 0.491 e. The molecule has 2 rings (SSSR count). The van der Waals surface area contributed by atoms with Crippen LogP contribution in [0.2, 0.25) is 0 Å². The number of aliphatic hydroxyl groups is 1. The second-order valence-electron chi connectivity index (χ2n) is 5.88. The minimum Gasteiger partial charge on any atom is -0.491 e. The number of benzene rings is 2. The summed E-state index contributed by atoms with van der Waals surface area (Å²) < 4.78 is 5.56. The lowest BCUT2D eigenvalue weighted by Crippen LogP contribution is -2.36. The highest BCUT2D eigenvalue weighted by atomic mass is 35.5. The Labute approximate surface area is 154 Å². The molecule has 2 aromatic rings. The number of nitrogens with two attached hydrogens (primary N) is 1. The normalized spacial score (nSPS) is 12.8. The minimum absolute atomic E-state index is 0. The zero-order chi connectivity index (χ0) is 17.5. The first-order valence-electron chi connectivity index (χ1n) is 8.00. The fourth-order valence-electron chi connectivity index (χ4n) is 2.28. The van der Waals surface area contributed by atoms with Crippen molar-refractivity contribution >= 4 is 18.3 Å². The van der Waals surface area contributed by atoms with Crippen LogP contribution in [0.5, 0.6) is 5.75 Å². The summed E-state index contributed by atoms with van der Waals surface area (Å²) in [5, 5.41) is 12.9. The van der Waals surface area contributed by atoms with Gasteiger partial charge in [-0.3, -0.25) is 4.79 Å². The van der Waals surface area contributed by atoms with Crippen LogP contribution >= 0.6 is 12.4 Å². The SMILES string of the molecule is CC(C)Oc1ccc(C(O)CNC(=O)C(N)c2ccccc2)cc1.Cl. The summed E-state index contributed by atoms with van der Waals surface area (Å²) in [5.74, 6) is 0.427. The number of carbonyl (C=O) groups is 1. The molecule has 0 radical (unpaired) electrons. The molecular weight excluding hydrogens is 340 g/mol. The third-order valence-electron chi connectivity index (χ3n) is 3.55. The van der Waals surface area contributed by atoms with Crippen molar-refractivity contribution in [2.24, 2.45) is 5.73 Å². The monoisotopic (exact) mass is 364 g/mol. The molecule has 0 fully saturated rings. The summed E-state index contributed by atoms with van der Waals surface area (Å²) >= 11 is 0. The van der Waals surface area contributed by atoms with Gasteiger partial charge in [-0.25, -0.2) is 0 Å². The molecule has 0 aliphatic heterocycles. The Kier molecular flexibility index (Phi) is 8.41. The molecule has 0 aliphatic carbocycles. The lowest BCUT2D eigenvalue weighted by molar-refractivity contribution is -0.122. The van der Waals surface area contributed by atoms with Crippen LogP contribution in [0, 0.1) is 0 Å². The molecule has 0 spiro atoms. The van der Waals surface area contributed by atoms with Crippen molar-refractivity contribution < 1.29 is 14.6 Å². The number of hydrogen-bond donors (Lipinski definition) is 3. The smallest absolute Gasteiger partial charge is 0.241 e. The van der Waals surface area contributed by atoms with Gasteiger partial charge in [0.1, 0.15) is 11.8 Å². The van der Waals surface area contributed by atoms with Gasteiger partial charge in [0.15, 0.2) is 0 Å². The molecule has 25 heavy (non-hydrogen) atoms. The molecule has 5 nitrogen and oxygen atoms in total. The molecule has 0 heterocycles. The fraction of sp³-hybridized carbons (Fsp3) is 0.316. The van der Waals surface area contributed by atoms with Gasteiger partial charge in [-0.1, -0.05) is 42.5 Å². The zero-order valence-electron chi connectivity index (χ0n) is 14.4. The van der Waals surface area contributed by atoms with Crippen LogP contribution in [0.1, 0.15) is 37.1 Å². The summed E-state index contributed by atoms with van der Waals surface area (Å²) in [7, 11) is 0. The van der Waals surface area contributed by atoms with Gasteiger partial charge in [-0.2, -0.15) is 0 Å². The summed E-state index contributed by atoms with van der Waals surface area (Å²) in [6.45, 7) is 4.01. The standard InChI is InChI=1S/C19H24N2O3.ClH/c1-13(2)24-16-10-8-14(9-11-16)17(22)12-21-19(23)18(20)15-6-4-3-5-7-15;/h3-11,13,17-18,22H,12,20H2,1-2H3,(H,21,23);1H. The number of nitrogens with one attached hydrogen (secondary N) is 1. The number of carbonyl (C=O) groups excluding carboxylic acids is 1. The molecule has 2 unspecified atom stereocenters. The molecule has 136 valence electrons. The lowest BCUT2D eigenvalue weighted by atomic mass is 10.1. The number of amides is 1. The molecule has 0 saturated carbocycles. The third-order valence-corrected chi connectivity index (χ3v) is 3.55. The zero-order valence-corrected chi connectivity index (χ0v) is 15.2. The van der Waals surface area contributed by atoms with Gasteiger partial charge in [-0.05, 0) is 37.1 Å². The average Bonchev–Trinajstić information content (AvgIpc) is 2.59. The Balaban J connectivity index is 0.00000312. The van der Waals surface area contributed by atoms with E-state index in [1.807, 2.05) is 32.0 Å². The minimum atomic E-state index is -0.801. The first-order chi connectivity index (χ1) is 11.5. The topological polar surface area (TPSA) is 84.6 Å². The highest BCUT2D eigenvalue weighted by Gasteiger charge is 2.17. The molecule has 4 N–H and O–H groups in total. The Hall–Kier alpha value is -2.08. The van der Waals surface area contributed by atoms with Crippen LogP contribution in [0.15, 0.2) is 54.6 Å². The van der Waals surface area contributed by atoms with E-state index in [1.54, 1.807) is 36.4 Å². The quantitative estimate of drug-likeness (QED) is 0.705. The molecular formula is C19H25ClN2O3. The summed E-state index contributed by atoms with van der Waals surface area (Å²) in [6.07, 6.45) is -0.704. The molecule has 0 aromatic heterocycles. The van der Waals surface area contributed by atoms with Gasteiger partial charge < -0.3 is 20.9 Å². The first kappa shape index (κ1) is 21.0. The van der Waals surface area contributed by atoms with Crippen molar-refractivity contribution in [3.8, 4) is 5.75 Å². The average molecular weight is 365 g/mol. The summed E-state index contributed by atoms with van der Waals surface area (Å²) in [4.78, 5) is 12.1. The van der Waals surface area contributed by atoms with Crippen LogP contribution in [0.3, 0.4) is 0 Å². The second kappa shape index (κ2) is 10.0. The van der Waals surface area contributed by atoms with Gasteiger partial charge in [0, 0.05) is 6.54 Å². The van der Waals surface area contributed by atoms with Gasteiger partial charge >= 0.3 is 0 Å². The fourth-order valence-corrected chi connectivity index (χ4v) is 2.28. The second-order valence-corrected chi connectivity index (χ2v) is 5.88. The van der Waals surface area contributed by atoms with E-state index in [0.29, 0.717) is 5.56 Å². The predicted octanol–water partition coefficient (Wildman–Crippen LogP) is 2.75. The lowest BCUT2D eigenvalue weighted by Gasteiger charge is -2.16. The molecule has 0 aliphatic rings. The third kappa shape index (κ3) is 6.38. The Morgan fingerprint density at radius 2 is 1.68 bits per heavy atom. The van der Waals surface area contributed by atoms with E-state index in [0.717, 1.165) is 11.3 Å². The van der Waals surface area contributed by atoms with Crippen LogP contribution in [0.4, 0.5) is 0 Å². The Morgan fingerprint density at radius 1 is 1.08 bits per heavy atom. The Bertz CT molecular complexity index is 647. The molecule has 0 saturated heterocycles. The van der Waals surface area contributed by atoms with E-state index < -0.39 is 12.1 Å². The molecule has 6 heteroatoms. The van der Waals surface area contributed by atoms with Crippen LogP contribution in [-0.2, 0) is 4.79 Å². The summed E-state index contributed by atoms with van der Waals surface area (Å²) in [6, 6.07) is 15.5. The number of hydrogen-bond acceptors (Lipinski definition) is 4. The van der Waals surface area contributed by atoms with E-state index in [9.17, 15) is 9.90 Å².